The van der Waals surface area contributed by atoms with E-state index in [0.29, 0.717) is 17.2 Å². The van der Waals surface area contributed by atoms with Crippen molar-refractivity contribution < 1.29 is 14.2 Å². The van der Waals surface area contributed by atoms with E-state index in [1.165, 1.54) is 0 Å². The molecule has 1 N–H and O–H groups in total. The second-order valence-corrected chi connectivity index (χ2v) is 4.68. The molecule has 4 heteroatoms. The smallest absolute Gasteiger partial charge is 0.204 e. The third kappa shape index (κ3) is 4.03. The van der Waals surface area contributed by atoms with Crippen molar-refractivity contribution in [1.29, 1.82) is 0 Å². The normalized spacial score (nSPS) is 13.7. The first-order valence-corrected chi connectivity index (χ1v) is 6.71. The first kappa shape index (κ1) is 15.6. The summed E-state index contributed by atoms with van der Waals surface area (Å²) in [6.07, 6.45) is 0.890. The summed E-state index contributed by atoms with van der Waals surface area (Å²) in [7, 11) is 3.27. The van der Waals surface area contributed by atoms with Crippen molar-refractivity contribution in [2.45, 2.75) is 32.8 Å². The lowest BCUT2D eigenvalue weighted by molar-refractivity contribution is 0.0768. The maximum absolute atomic E-state index is 6.18. The van der Waals surface area contributed by atoms with Crippen LogP contribution < -0.4 is 19.5 Å². The molecule has 0 aliphatic carbocycles. The molecule has 0 saturated carbocycles. The monoisotopic (exact) mass is 267 g/mol. The van der Waals surface area contributed by atoms with Gasteiger partial charge >= 0.3 is 0 Å². The van der Waals surface area contributed by atoms with Crippen LogP contribution in [0.4, 0.5) is 0 Å². The minimum Gasteiger partial charge on any atom is -0.493 e. The molecule has 0 aliphatic rings. The zero-order valence-corrected chi connectivity index (χ0v) is 12.6. The first-order chi connectivity index (χ1) is 9.10. The van der Waals surface area contributed by atoms with Gasteiger partial charge in [-0.2, -0.15) is 0 Å². The number of methoxy groups -OCH3 is 2. The third-order valence-electron chi connectivity index (χ3n) is 3.23. The van der Waals surface area contributed by atoms with Gasteiger partial charge in [-0.15, -0.1) is 0 Å². The fourth-order valence-corrected chi connectivity index (χ4v) is 1.79. The number of ether oxygens (including phenoxy) is 3. The Bertz CT molecular complexity index is 373. The molecule has 1 aromatic carbocycles. The number of benzene rings is 1. The molecule has 0 fully saturated rings. The Morgan fingerprint density at radius 2 is 1.68 bits per heavy atom. The molecular formula is C15H25NO3. The van der Waals surface area contributed by atoms with Crippen molar-refractivity contribution in [2.24, 2.45) is 0 Å². The predicted molar refractivity (Wildman–Crippen MR) is 77.4 cm³/mol. The van der Waals surface area contributed by atoms with Crippen molar-refractivity contribution in [1.82, 2.24) is 5.32 Å². The van der Waals surface area contributed by atoms with Crippen molar-refractivity contribution in [3.63, 3.8) is 0 Å². The van der Waals surface area contributed by atoms with E-state index in [-0.39, 0.29) is 5.60 Å². The lowest BCUT2D eigenvalue weighted by Gasteiger charge is -2.31. The number of hydrogen-bond donors (Lipinski definition) is 1. The molecule has 1 atom stereocenters. The summed E-state index contributed by atoms with van der Waals surface area (Å²) in [5.41, 5.74) is -0.294. The maximum atomic E-state index is 6.18. The minimum absolute atomic E-state index is 0.294. The number of rotatable bonds is 8. The average molecular weight is 267 g/mol. The van der Waals surface area contributed by atoms with E-state index >= 15 is 0 Å². The van der Waals surface area contributed by atoms with Crippen LogP contribution in [0.3, 0.4) is 0 Å². The quantitative estimate of drug-likeness (QED) is 0.786. The van der Waals surface area contributed by atoms with Crippen molar-refractivity contribution >= 4 is 0 Å². The number of para-hydroxylation sites is 1. The van der Waals surface area contributed by atoms with Gasteiger partial charge in [0.1, 0.15) is 5.60 Å². The molecule has 19 heavy (non-hydrogen) atoms. The van der Waals surface area contributed by atoms with Gasteiger partial charge < -0.3 is 19.5 Å². The van der Waals surface area contributed by atoms with Crippen LogP contribution in [0.5, 0.6) is 17.2 Å². The highest BCUT2D eigenvalue weighted by Crippen LogP contribution is 2.39. The van der Waals surface area contributed by atoms with Crippen molar-refractivity contribution in [3.8, 4) is 17.2 Å². The number of hydrogen-bond acceptors (Lipinski definition) is 4. The second kappa shape index (κ2) is 7.24. The van der Waals surface area contributed by atoms with E-state index in [4.69, 9.17) is 14.2 Å². The highest BCUT2D eigenvalue weighted by atomic mass is 16.5. The molecule has 0 heterocycles. The molecule has 1 unspecified atom stereocenters. The van der Waals surface area contributed by atoms with Crippen LogP contribution in [0.15, 0.2) is 18.2 Å². The molecule has 1 aromatic rings. The van der Waals surface area contributed by atoms with Gasteiger partial charge in [-0.05, 0) is 32.0 Å². The Morgan fingerprint density at radius 1 is 1.11 bits per heavy atom. The summed E-state index contributed by atoms with van der Waals surface area (Å²) in [6.45, 7) is 7.98. The largest absolute Gasteiger partial charge is 0.493 e. The molecule has 1 rings (SSSR count). The van der Waals surface area contributed by atoms with Crippen molar-refractivity contribution in [3.05, 3.63) is 18.2 Å². The molecule has 0 amide bonds. The van der Waals surface area contributed by atoms with Gasteiger partial charge in [0, 0.05) is 6.54 Å². The summed E-state index contributed by atoms with van der Waals surface area (Å²) < 4.78 is 16.9. The van der Waals surface area contributed by atoms with Crippen LogP contribution in [0.2, 0.25) is 0 Å². The average Bonchev–Trinajstić information content (AvgIpc) is 2.45. The molecular weight excluding hydrogens is 242 g/mol. The summed E-state index contributed by atoms with van der Waals surface area (Å²) in [5, 5.41) is 3.33. The lowest BCUT2D eigenvalue weighted by Crippen LogP contribution is -2.42. The minimum atomic E-state index is -0.294. The Morgan fingerprint density at radius 3 is 2.11 bits per heavy atom. The van der Waals surface area contributed by atoms with Crippen LogP contribution in [-0.4, -0.2) is 32.9 Å². The van der Waals surface area contributed by atoms with Gasteiger partial charge in [0.15, 0.2) is 11.5 Å². The fourth-order valence-electron chi connectivity index (χ4n) is 1.79. The molecule has 0 aromatic heterocycles. The summed E-state index contributed by atoms with van der Waals surface area (Å²) in [4.78, 5) is 0. The van der Waals surface area contributed by atoms with Gasteiger partial charge in [0.25, 0.3) is 0 Å². The lowest BCUT2D eigenvalue weighted by atomic mass is 10.0. The van der Waals surface area contributed by atoms with E-state index in [1.54, 1.807) is 14.2 Å². The number of likely N-dealkylation sites (N-methyl/N-ethyl adjacent to an activating group) is 1. The molecule has 4 nitrogen and oxygen atoms in total. The molecule has 108 valence electrons. The summed E-state index contributed by atoms with van der Waals surface area (Å²) >= 11 is 0. The highest BCUT2D eigenvalue weighted by Gasteiger charge is 2.27. The zero-order valence-electron chi connectivity index (χ0n) is 12.6. The topological polar surface area (TPSA) is 39.7 Å². The summed E-state index contributed by atoms with van der Waals surface area (Å²) in [5.74, 6) is 2.04. The van der Waals surface area contributed by atoms with E-state index in [1.807, 2.05) is 18.2 Å². The highest BCUT2D eigenvalue weighted by molar-refractivity contribution is 5.51. The second-order valence-electron chi connectivity index (χ2n) is 4.68. The predicted octanol–water partition coefficient (Wildman–Crippen LogP) is 2.86. The van der Waals surface area contributed by atoms with E-state index in [0.717, 1.165) is 19.5 Å². The maximum Gasteiger partial charge on any atom is 0.204 e. The van der Waals surface area contributed by atoms with Gasteiger partial charge in [-0.25, -0.2) is 0 Å². The van der Waals surface area contributed by atoms with Gasteiger partial charge in [-0.1, -0.05) is 19.9 Å². The SMILES string of the molecule is CCNCC(C)(CC)Oc1c(OC)cccc1OC. The Labute approximate surface area is 116 Å². The van der Waals surface area contributed by atoms with Crippen LogP contribution in [0.1, 0.15) is 27.2 Å². The zero-order chi connectivity index (χ0) is 14.3. The van der Waals surface area contributed by atoms with Crippen LogP contribution >= 0.6 is 0 Å². The van der Waals surface area contributed by atoms with Crippen molar-refractivity contribution in [2.75, 3.05) is 27.3 Å². The Hall–Kier alpha value is -1.42. The first-order valence-electron chi connectivity index (χ1n) is 6.71. The molecule has 0 radical (unpaired) electrons. The van der Waals surface area contributed by atoms with Crippen LogP contribution in [0, 0.1) is 0 Å². The van der Waals surface area contributed by atoms with E-state index < -0.39 is 0 Å². The molecule has 0 bridgehead atoms. The van der Waals surface area contributed by atoms with Gasteiger partial charge in [-0.3, -0.25) is 0 Å². The third-order valence-corrected chi connectivity index (χ3v) is 3.23. The number of nitrogens with one attached hydrogen (secondary N) is 1. The Balaban J connectivity index is 3.01. The molecule has 0 aliphatic heterocycles. The van der Waals surface area contributed by atoms with Gasteiger partial charge in [0.2, 0.25) is 5.75 Å². The molecule has 0 saturated heterocycles. The fraction of sp³-hybridized carbons (Fsp3) is 0.600. The van der Waals surface area contributed by atoms with E-state index in [2.05, 4.69) is 26.1 Å². The van der Waals surface area contributed by atoms with Gasteiger partial charge in [0.05, 0.1) is 14.2 Å². The standard InChI is InChI=1S/C15H25NO3/c1-6-15(3,11-16-7-2)19-14-12(17-4)9-8-10-13(14)18-5/h8-10,16H,6-7,11H2,1-5H3. The van der Waals surface area contributed by atoms with Crippen LogP contribution in [0.25, 0.3) is 0 Å². The Kier molecular flexibility index (Phi) is 5.96. The van der Waals surface area contributed by atoms with Crippen LogP contribution in [-0.2, 0) is 0 Å². The molecule has 0 spiro atoms. The summed E-state index contributed by atoms with van der Waals surface area (Å²) in [6, 6.07) is 5.64. The van der Waals surface area contributed by atoms with E-state index in [9.17, 15) is 0 Å².